The van der Waals surface area contributed by atoms with Gasteiger partial charge in [-0.3, -0.25) is 9.59 Å². The normalized spacial score (nSPS) is 13.5. The maximum absolute atomic E-state index is 12.0. The molecular formula is C13H10N4O4. The lowest BCUT2D eigenvalue weighted by Gasteiger charge is -2.11. The Morgan fingerprint density at radius 1 is 1.19 bits per heavy atom. The van der Waals surface area contributed by atoms with Gasteiger partial charge in [-0.1, -0.05) is 17.2 Å². The van der Waals surface area contributed by atoms with Crippen LogP contribution >= 0.6 is 0 Å². The van der Waals surface area contributed by atoms with Gasteiger partial charge in [-0.15, -0.1) is 5.10 Å². The Bertz CT molecular complexity index is 717. The fourth-order valence-corrected chi connectivity index (χ4v) is 1.92. The summed E-state index contributed by atoms with van der Waals surface area (Å²) >= 11 is 0. The third kappa shape index (κ3) is 2.06. The van der Waals surface area contributed by atoms with E-state index in [1.54, 1.807) is 19.1 Å². The highest BCUT2D eigenvalue weighted by molar-refractivity contribution is 6.21. The first-order valence-electron chi connectivity index (χ1n) is 6.22. The highest BCUT2D eigenvalue weighted by Crippen LogP contribution is 2.23. The fourth-order valence-electron chi connectivity index (χ4n) is 1.92. The van der Waals surface area contributed by atoms with E-state index in [2.05, 4.69) is 10.2 Å². The molecule has 0 bridgehead atoms. The van der Waals surface area contributed by atoms with Crippen molar-refractivity contribution in [3.05, 3.63) is 47.3 Å². The van der Waals surface area contributed by atoms with E-state index in [-0.39, 0.29) is 16.8 Å². The Balaban J connectivity index is 1.82. The van der Waals surface area contributed by atoms with E-state index in [4.69, 9.17) is 4.84 Å². The zero-order valence-electron chi connectivity index (χ0n) is 11.0. The molecule has 2 aromatic rings. The number of benzene rings is 1. The number of fused-ring (bicyclic) bond motifs is 1. The van der Waals surface area contributed by atoms with Crippen molar-refractivity contribution in [2.24, 2.45) is 0 Å². The van der Waals surface area contributed by atoms with Crippen LogP contribution in [-0.2, 0) is 11.4 Å². The molecule has 0 unspecified atom stereocenters. The first kappa shape index (κ1) is 13.0. The van der Waals surface area contributed by atoms with Crippen molar-refractivity contribution in [2.45, 2.75) is 13.5 Å². The predicted molar refractivity (Wildman–Crippen MR) is 68.1 cm³/mol. The Morgan fingerprint density at radius 3 is 2.33 bits per heavy atom. The zero-order valence-corrected chi connectivity index (χ0v) is 11.0. The standard InChI is InChI=1S/C13H10N4O4/c1-2-16-14-7-10(15-16)13(20)21-17-11(18)8-5-3-4-6-9(8)12(17)19/h3-7H,2H2,1H3. The Kier molecular flexibility index (Phi) is 2.98. The third-order valence-corrected chi connectivity index (χ3v) is 2.96. The average molecular weight is 286 g/mol. The largest absolute Gasteiger partial charge is 0.385 e. The van der Waals surface area contributed by atoms with E-state index >= 15 is 0 Å². The number of hydrogen-bond donors (Lipinski definition) is 0. The molecule has 8 nitrogen and oxygen atoms in total. The van der Waals surface area contributed by atoms with E-state index in [9.17, 15) is 14.4 Å². The minimum absolute atomic E-state index is 0.0755. The first-order valence-corrected chi connectivity index (χ1v) is 6.22. The molecule has 2 heterocycles. The van der Waals surface area contributed by atoms with Crippen LogP contribution in [0.4, 0.5) is 0 Å². The van der Waals surface area contributed by atoms with Crippen molar-refractivity contribution in [1.29, 1.82) is 0 Å². The molecule has 0 aliphatic carbocycles. The fraction of sp³-hybridized carbons (Fsp3) is 0.154. The number of nitrogens with zero attached hydrogens (tertiary/aromatic N) is 4. The maximum Gasteiger partial charge on any atom is 0.385 e. The molecule has 106 valence electrons. The summed E-state index contributed by atoms with van der Waals surface area (Å²) in [6, 6.07) is 6.25. The number of hydrogen-bond acceptors (Lipinski definition) is 6. The summed E-state index contributed by atoms with van der Waals surface area (Å²) in [6.45, 7) is 2.29. The van der Waals surface area contributed by atoms with Gasteiger partial charge in [0.1, 0.15) is 0 Å². The number of carbonyl (C=O) groups excluding carboxylic acids is 3. The number of carbonyl (C=O) groups is 3. The topological polar surface area (TPSA) is 94.4 Å². The van der Waals surface area contributed by atoms with Gasteiger partial charge in [-0.05, 0) is 19.1 Å². The molecule has 0 saturated heterocycles. The molecule has 1 aromatic heterocycles. The second kappa shape index (κ2) is 4.82. The van der Waals surface area contributed by atoms with Crippen LogP contribution in [-0.4, -0.2) is 37.8 Å². The Hall–Kier alpha value is -3.03. The third-order valence-electron chi connectivity index (χ3n) is 2.96. The maximum atomic E-state index is 12.0. The molecular weight excluding hydrogens is 276 g/mol. The summed E-state index contributed by atoms with van der Waals surface area (Å²) in [7, 11) is 0. The molecule has 8 heteroatoms. The van der Waals surface area contributed by atoms with Crippen molar-refractivity contribution >= 4 is 17.8 Å². The molecule has 3 rings (SSSR count). The van der Waals surface area contributed by atoms with Crippen LogP contribution < -0.4 is 0 Å². The molecule has 0 fully saturated rings. The molecule has 1 aromatic carbocycles. The molecule has 0 spiro atoms. The van der Waals surface area contributed by atoms with Gasteiger partial charge in [0.2, 0.25) is 0 Å². The lowest BCUT2D eigenvalue weighted by Crippen LogP contribution is -2.32. The van der Waals surface area contributed by atoms with Gasteiger partial charge in [0.05, 0.1) is 23.9 Å². The highest BCUT2D eigenvalue weighted by Gasteiger charge is 2.39. The van der Waals surface area contributed by atoms with E-state index in [0.29, 0.717) is 11.6 Å². The molecule has 0 N–H and O–H groups in total. The lowest BCUT2D eigenvalue weighted by molar-refractivity contribution is -0.0588. The molecule has 2 amide bonds. The quantitative estimate of drug-likeness (QED) is 0.769. The molecule has 1 aliphatic heterocycles. The number of aryl methyl sites for hydroxylation is 1. The number of rotatable bonds is 3. The van der Waals surface area contributed by atoms with E-state index < -0.39 is 17.8 Å². The van der Waals surface area contributed by atoms with Crippen molar-refractivity contribution < 1.29 is 19.2 Å². The summed E-state index contributed by atoms with van der Waals surface area (Å²) in [5.74, 6) is -2.26. The van der Waals surface area contributed by atoms with Crippen molar-refractivity contribution in [1.82, 2.24) is 20.1 Å². The van der Waals surface area contributed by atoms with E-state index in [1.165, 1.54) is 23.1 Å². The van der Waals surface area contributed by atoms with Gasteiger partial charge < -0.3 is 4.84 Å². The highest BCUT2D eigenvalue weighted by atomic mass is 16.7. The molecule has 0 radical (unpaired) electrons. The van der Waals surface area contributed by atoms with Gasteiger partial charge in [-0.25, -0.2) is 4.79 Å². The van der Waals surface area contributed by atoms with Gasteiger partial charge >= 0.3 is 5.97 Å². The minimum Gasteiger partial charge on any atom is -0.322 e. The average Bonchev–Trinajstić information content (AvgIpc) is 3.07. The first-order chi connectivity index (χ1) is 10.1. The van der Waals surface area contributed by atoms with Crippen LogP contribution in [0.2, 0.25) is 0 Å². The van der Waals surface area contributed by atoms with Gasteiger partial charge in [-0.2, -0.15) is 9.90 Å². The van der Waals surface area contributed by atoms with Crippen molar-refractivity contribution in [3.8, 4) is 0 Å². The van der Waals surface area contributed by atoms with Crippen molar-refractivity contribution in [3.63, 3.8) is 0 Å². The Morgan fingerprint density at radius 2 is 1.81 bits per heavy atom. The molecule has 0 saturated carbocycles. The summed E-state index contributed by atoms with van der Waals surface area (Å²) in [6.07, 6.45) is 1.21. The summed E-state index contributed by atoms with van der Waals surface area (Å²) in [4.78, 5) is 42.1. The van der Waals surface area contributed by atoms with Gasteiger partial charge in [0.25, 0.3) is 11.8 Å². The SMILES string of the molecule is CCn1ncc(C(=O)ON2C(=O)c3ccccc3C2=O)n1. The van der Waals surface area contributed by atoms with Crippen LogP contribution in [0.1, 0.15) is 38.1 Å². The van der Waals surface area contributed by atoms with Crippen LogP contribution in [0.3, 0.4) is 0 Å². The minimum atomic E-state index is -0.913. The van der Waals surface area contributed by atoms with E-state index in [0.717, 1.165) is 0 Å². The molecule has 1 aliphatic rings. The molecule has 21 heavy (non-hydrogen) atoms. The lowest BCUT2D eigenvalue weighted by atomic mass is 10.1. The van der Waals surface area contributed by atoms with Crippen LogP contribution in [0.5, 0.6) is 0 Å². The van der Waals surface area contributed by atoms with Crippen LogP contribution in [0.15, 0.2) is 30.5 Å². The zero-order chi connectivity index (χ0) is 15.0. The van der Waals surface area contributed by atoms with Crippen LogP contribution in [0, 0.1) is 0 Å². The van der Waals surface area contributed by atoms with Gasteiger partial charge in [0, 0.05) is 0 Å². The Labute approximate surface area is 118 Å². The van der Waals surface area contributed by atoms with Gasteiger partial charge in [0.15, 0.2) is 5.69 Å². The summed E-state index contributed by atoms with van der Waals surface area (Å²) in [5.41, 5.74) is 0.327. The monoisotopic (exact) mass is 286 g/mol. The summed E-state index contributed by atoms with van der Waals surface area (Å²) < 4.78 is 0. The summed E-state index contributed by atoms with van der Waals surface area (Å²) in [5, 5.41) is 8.12. The number of imide groups is 1. The molecule has 0 atom stereocenters. The number of aromatic nitrogens is 3. The number of hydroxylamine groups is 2. The van der Waals surface area contributed by atoms with Crippen LogP contribution in [0.25, 0.3) is 0 Å². The predicted octanol–water partition coefficient (Wildman–Crippen LogP) is 0.666. The second-order valence-corrected chi connectivity index (χ2v) is 4.25. The smallest absolute Gasteiger partial charge is 0.322 e. The van der Waals surface area contributed by atoms with Crippen molar-refractivity contribution in [2.75, 3.05) is 0 Å². The number of amides is 2. The second-order valence-electron chi connectivity index (χ2n) is 4.25. The van der Waals surface area contributed by atoms with E-state index in [1.807, 2.05) is 0 Å².